The molecule has 0 aliphatic rings. The molecule has 0 fully saturated rings. The fraction of sp³-hybridized carbons (Fsp3) is 0.133. The number of nitrogens with two attached hydrogens (primary N) is 1. The lowest BCUT2D eigenvalue weighted by Crippen LogP contribution is -2.08. The van der Waals surface area contributed by atoms with E-state index in [4.69, 9.17) is 15.2 Å². The van der Waals surface area contributed by atoms with Gasteiger partial charge in [-0.05, 0) is 29.8 Å². The molecule has 0 aromatic heterocycles. The minimum Gasteiger partial charge on any atom is -0.497 e. The first kappa shape index (κ1) is 14.4. The molecule has 0 aliphatic carbocycles. The summed E-state index contributed by atoms with van der Waals surface area (Å²) in [5.74, 6) is 0.149. The molecule has 0 amide bonds. The maximum Gasteiger partial charge on any atom is 0.340 e. The van der Waals surface area contributed by atoms with E-state index in [0.29, 0.717) is 17.0 Å². The van der Waals surface area contributed by atoms with Crippen LogP contribution in [0.1, 0.15) is 15.9 Å². The van der Waals surface area contributed by atoms with Crippen LogP contribution in [0.5, 0.6) is 5.75 Å². The molecule has 0 atom stereocenters. The van der Waals surface area contributed by atoms with Crippen molar-refractivity contribution in [3.63, 3.8) is 0 Å². The molecule has 2 aromatic carbocycles. The van der Waals surface area contributed by atoms with Crippen molar-refractivity contribution in [1.29, 1.82) is 0 Å². The van der Waals surface area contributed by atoms with Crippen LogP contribution in [0.4, 0.5) is 5.69 Å². The van der Waals surface area contributed by atoms with E-state index in [1.165, 1.54) is 0 Å². The molecule has 5 heteroatoms. The van der Waals surface area contributed by atoms with E-state index in [1.54, 1.807) is 25.3 Å². The van der Waals surface area contributed by atoms with Crippen LogP contribution >= 0.6 is 15.9 Å². The maximum atomic E-state index is 12.0. The number of carbonyl (C=O) groups excluding carboxylic acids is 1. The molecule has 2 rings (SSSR count). The number of carbonyl (C=O) groups is 1. The Kier molecular flexibility index (Phi) is 4.63. The number of hydrogen-bond donors (Lipinski definition) is 1. The van der Waals surface area contributed by atoms with Crippen LogP contribution in [-0.4, -0.2) is 13.1 Å². The molecule has 20 heavy (non-hydrogen) atoms. The Morgan fingerprint density at radius 3 is 2.70 bits per heavy atom. The van der Waals surface area contributed by atoms with Crippen LogP contribution < -0.4 is 10.5 Å². The highest BCUT2D eigenvalue weighted by Gasteiger charge is 2.12. The summed E-state index contributed by atoms with van der Waals surface area (Å²) in [6.45, 7) is 0.198. The molecular formula is C15H14BrNO3. The first-order valence-electron chi connectivity index (χ1n) is 5.95. The zero-order valence-electron chi connectivity index (χ0n) is 10.9. The highest BCUT2D eigenvalue weighted by molar-refractivity contribution is 9.10. The van der Waals surface area contributed by atoms with Crippen LogP contribution in [0.25, 0.3) is 0 Å². The van der Waals surface area contributed by atoms with Crippen molar-refractivity contribution in [2.75, 3.05) is 12.8 Å². The van der Waals surface area contributed by atoms with E-state index in [2.05, 4.69) is 15.9 Å². The van der Waals surface area contributed by atoms with Gasteiger partial charge in [-0.2, -0.15) is 0 Å². The van der Waals surface area contributed by atoms with Crippen LogP contribution in [0.2, 0.25) is 0 Å². The Morgan fingerprint density at radius 2 is 2.05 bits per heavy atom. The summed E-state index contributed by atoms with van der Waals surface area (Å²) in [5.41, 5.74) is 7.38. The van der Waals surface area contributed by atoms with E-state index < -0.39 is 5.97 Å². The average Bonchev–Trinajstić information content (AvgIpc) is 2.44. The average molecular weight is 336 g/mol. The molecule has 0 saturated heterocycles. The number of hydrogen-bond acceptors (Lipinski definition) is 4. The van der Waals surface area contributed by atoms with Crippen molar-refractivity contribution in [3.05, 3.63) is 58.1 Å². The zero-order chi connectivity index (χ0) is 14.5. The third-order valence-corrected chi connectivity index (χ3v) is 3.23. The Morgan fingerprint density at radius 1 is 1.25 bits per heavy atom. The largest absolute Gasteiger partial charge is 0.497 e. The topological polar surface area (TPSA) is 61.5 Å². The fourth-order valence-corrected chi connectivity index (χ4v) is 2.15. The lowest BCUT2D eigenvalue weighted by atomic mass is 10.1. The smallest absolute Gasteiger partial charge is 0.340 e. The second-order valence-corrected chi connectivity index (χ2v) is 5.07. The third kappa shape index (κ3) is 3.51. The SMILES string of the molecule is COc1ccc(C(=O)OCc2cccc(Br)c2)c(N)c1. The number of halogens is 1. The van der Waals surface area contributed by atoms with Crippen molar-refractivity contribution in [2.45, 2.75) is 6.61 Å². The quantitative estimate of drug-likeness (QED) is 0.687. The van der Waals surface area contributed by atoms with Crippen molar-refractivity contribution in [2.24, 2.45) is 0 Å². The zero-order valence-corrected chi connectivity index (χ0v) is 12.5. The van der Waals surface area contributed by atoms with Crippen molar-refractivity contribution in [1.82, 2.24) is 0 Å². The maximum absolute atomic E-state index is 12.0. The number of esters is 1. The lowest BCUT2D eigenvalue weighted by molar-refractivity contribution is 0.0474. The highest BCUT2D eigenvalue weighted by Crippen LogP contribution is 2.21. The summed E-state index contributed by atoms with van der Waals surface area (Å²) >= 11 is 3.37. The Labute approximate surface area is 125 Å². The monoisotopic (exact) mass is 335 g/mol. The Bertz CT molecular complexity index is 628. The van der Waals surface area contributed by atoms with Gasteiger partial charge in [0.1, 0.15) is 12.4 Å². The van der Waals surface area contributed by atoms with Crippen LogP contribution in [0.3, 0.4) is 0 Å². The number of methoxy groups -OCH3 is 1. The Balaban J connectivity index is 2.05. The number of ether oxygens (including phenoxy) is 2. The minimum atomic E-state index is -0.454. The Hall–Kier alpha value is -2.01. The van der Waals surface area contributed by atoms with E-state index in [-0.39, 0.29) is 6.61 Å². The van der Waals surface area contributed by atoms with E-state index in [1.807, 2.05) is 24.3 Å². The number of rotatable bonds is 4. The van der Waals surface area contributed by atoms with Gasteiger partial charge in [-0.25, -0.2) is 4.79 Å². The molecule has 0 heterocycles. The first-order valence-corrected chi connectivity index (χ1v) is 6.74. The van der Waals surface area contributed by atoms with Crippen molar-refractivity contribution < 1.29 is 14.3 Å². The van der Waals surface area contributed by atoms with Gasteiger partial charge >= 0.3 is 5.97 Å². The van der Waals surface area contributed by atoms with Crippen LogP contribution in [0, 0.1) is 0 Å². The van der Waals surface area contributed by atoms with Gasteiger partial charge in [0.2, 0.25) is 0 Å². The molecule has 0 aliphatic heterocycles. The molecule has 0 saturated carbocycles. The highest BCUT2D eigenvalue weighted by atomic mass is 79.9. The van der Waals surface area contributed by atoms with Gasteiger partial charge in [-0.15, -0.1) is 0 Å². The number of anilines is 1. The molecule has 0 radical (unpaired) electrons. The minimum absolute atomic E-state index is 0.198. The summed E-state index contributed by atoms with van der Waals surface area (Å²) in [7, 11) is 1.54. The van der Waals surface area contributed by atoms with Gasteiger partial charge in [-0.3, -0.25) is 0 Å². The molecule has 2 aromatic rings. The first-order chi connectivity index (χ1) is 9.60. The number of benzene rings is 2. The van der Waals surface area contributed by atoms with Crippen molar-refractivity contribution in [3.8, 4) is 5.75 Å². The summed E-state index contributed by atoms with van der Waals surface area (Å²) in [6.07, 6.45) is 0. The summed E-state index contributed by atoms with van der Waals surface area (Å²) in [4.78, 5) is 12.0. The molecule has 4 nitrogen and oxygen atoms in total. The normalized spacial score (nSPS) is 10.1. The summed E-state index contributed by atoms with van der Waals surface area (Å²) in [5, 5.41) is 0. The molecular weight excluding hydrogens is 322 g/mol. The molecule has 104 valence electrons. The van der Waals surface area contributed by atoms with Crippen molar-refractivity contribution >= 4 is 27.6 Å². The second kappa shape index (κ2) is 6.43. The third-order valence-electron chi connectivity index (χ3n) is 2.74. The van der Waals surface area contributed by atoms with E-state index in [9.17, 15) is 4.79 Å². The number of nitrogen functional groups attached to an aromatic ring is 1. The van der Waals surface area contributed by atoms with Gasteiger partial charge in [0.05, 0.1) is 12.7 Å². The predicted octanol–water partition coefficient (Wildman–Crippen LogP) is 3.40. The fourth-order valence-electron chi connectivity index (χ4n) is 1.71. The predicted molar refractivity (Wildman–Crippen MR) is 80.7 cm³/mol. The second-order valence-electron chi connectivity index (χ2n) is 4.16. The van der Waals surface area contributed by atoms with Crippen LogP contribution in [0.15, 0.2) is 46.9 Å². The lowest BCUT2D eigenvalue weighted by Gasteiger charge is -2.08. The van der Waals surface area contributed by atoms with Gasteiger partial charge < -0.3 is 15.2 Å². The van der Waals surface area contributed by atoms with Gasteiger partial charge in [0.15, 0.2) is 0 Å². The van der Waals surface area contributed by atoms with E-state index in [0.717, 1.165) is 10.0 Å². The van der Waals surface area contributed by atoms with E-state index >= 15 is 0 Å². The standard InChI is InChI=1S/C15H14BrNO3/c1-19-12-5-6-13(14(17)8-12)15(18)20-9-10-3-2-4-11(16)7-10/h2-8H,9,17H2,1H3. The molecule has 0 unspecified atom stereocenters. The molecule has 2 N–H and O–H groups in total. The summed E-state index contributed by atoms with van der Waals surface area (Å²) < 4.78 is 11.2. The van der Waals surface area contributed by atoms with Gasteiger partial charge in [-0.1, -0.05) is 28.1 Å². The molecule has 0 spiro atoms. The summed E-state index contributed by atoms with van der Waals surface area (Å²) in [6, 6.07) is 12.4. The van der Waals surface area contributed by atoms with Crippen LogP contribution in [-0.2, 0) is 11.3 Å². The van der Waals surface area contributed by atoms with Gasteiger partial charge in [0, 0.05) is 16.2 Å². The van der Waals surface area contributed by atoms with Gasteiger partial charge in [0.25, 0.3) is 0 Å². The molecule has 0 bridgehead atoms.